The molecule has 0 bridgehead atoms. The third kappa shape index (κ3) is 2.04. The lowest BCUT2D eigenvalue weighted by Crippen LogP contribution is -2.41. The van der Waals surface area contributed by atoms with Gasteiger partial charge in [0, 0.05) is 12.3 Å². The Hall–Kier alpha value is -1.09. The summed E-state index contributed by atoms with van der Waals surface area (Å²) in [7, 11) is 0. The lowest BCUT2D eigenvalue weighted by atomic mass is 10.1. The smallest absolute Gasteiger partial charge is 0.329 e. The van der Waals surface area contributed by atoms with E-state index in [-0.39, 0.29) is 6.61 Å². The first kappa shape index (κ1) is 12.4. The highest BCUT2D eigenvalue weighted by atomic mass is 32.2. The monoisotopic (exact) mass is 260 g/mol. The predicted octanol–water partition coefficient (Wildman–Crippen LogP) is -2.14. The van der Waals surface area contributed by atoms with Crippen LogP contribution in [-0.4, -0.2) is 48.9 Å². The number of H-pyrrole nitrogens is 1. The van der Waals surface area contributed by atoms with Gasteiger partial charge in [-0.2, -0.15) is 0 Å². The van der Waals surface area contributed by atoms with Crippen LogP contribution in [0.2, 0.25) is 0 Å². The van der Waals surface area contributed by atoms with Crippen molar-refractivity contribution in [1.82, 2.24) is 9.55 Å². The van der Waals surface area contributed by atoms with Crippen LogP contribution in [0.1, 0.15) is 5.37 Å². The van der Waals surface area contributed by atoms with Crippen molar-refractivity contribution in [2.45, 2.75) is 22.8 Å². The highest BCUT2D eigenvalue weighted by molar-refractivity contribution is 8.00. The standard InChI is InChI=1S/C9H12N2O5S/c12-3-4-6(14)7(15)8(17-4)11-5(13)1-2-10-9(11)16/h1-2,4,6-8,12,14-15H,3H2,(H,10,16)/t4-,6-,7+,8-/m1/s1. The van der Waals surface area contributed by atoms with E-state index < -0.39 is 34.1 Å². The maximum atomic E-state index is 11.5. The zero-order valence-electron chi connectivity index (χ0n) is 8.68. The SMILES string of the molecule is O=c1cc[nH]c(=O)n1[C@@H]1S[C@H](CO)[C@@H](O)[C@@H]1O. The number of thioether (sulfide) groups is 1. The molecule has 0 aliphatic carbocycles. The number of aliphatic hydroxyl groups is 3. The zero-order valence-corrected chi connectivity index (χ0v) is 9.50. The first-order valence-corrected chi connectivity index (χ1v) is 5.93. The summed E-state index contributed by atoms with van der Waals surface area (Å²) < 4.78 is 0.841. The van der Waals surface area contributed by atoms with Crippen molar-refractivity contribution in [2.24, 2.45) is 0 Å². The van der Waals surface area contributed by atoms with Crippen LogP contribution in [0, 0.1) is 0 Å². The van der Waals surface area contributed by atoms with Gasteiger partial charge in [0.2, 0.25) is 0 Å². The van der Waals surface area contributed by atoms with Gasteiger partial charge in [0.1, 0.15) is 11.5 Å². The summed E-state index contributed by atoms with van der Waals surface area (Å²) in [6.45, 7) is -0.334. The van der Waals surface area contributed by atoms with Gasteiger partial charge < -0.3 is 20.3 Å². The van der Waals surface area contributed by atoms with Gasteiger partial charge in [0.05, 0.1) is 18.0 Å². The normalized spacial score (nSPS) is 32.9. The third-order valence-corrected chi connectivity index (χ3v) is 4.21. The number of hydrogen-bond donors (Lipinski definition) is 4. The Morgan fingerprint density at radius 1 is 1.35 bits per heavy atom. The van der Waals surface area contributed by atoms with Gasteiger partial charge in [0.15, 0.2) is 0 Å². The zero-order chi connectivity index (χ0) is 12.6. The second-order valence-electron chi connectivity index (χ2n) is 3.72. The Morgan fingerprint density at radius 3 is 2.59 bits per heavy atom. The molecule has 0 unspecified atom stereocenters. The molecular formula is C9H12N2O5S. The molecule has 0 aromatic carbocycles. The van der Waals surface area contributed by atoms with Crippen molar-refractivity contribution in [3.63, 3.8) is 0 Å². The van der Waals surface area contributed by atoms with Gasteiger partial charge in [-0.1, -0.05) is 0 Å². The van der Waals surface area contributed by atoms with Crippen LogP contribution < -0.4 is 11.2 Å². The molecule has 17 heavy (non-hydrogen) atoms. The van der Waals surface area contributed by atoms with Crippen molar-refractivity contribution < 1.29 is 15.3 Å². The molecule has 2 heterocycles. The molecule has 0 radical (unpaired) electrons. The van der Waals surface area contributed by atoms with Gasteiger partial charge >= 0.3 is 5.69 Å². The summed E-state index contributed by atoms with van der Waals surface area (Å²) in [4.78, 5) is 25.4. The van der Waals surface area contributed by atoms with Gasteiger partial charge in [-0.05, 0) is 0 Å². The average Bonchev–Trinajstić information content (AvgIpc) is 2.57. The third-order valence-electron chi connectivity index (χ3n) is 2.66. The highest BCUT2D eigenvalue weighted by Crippen LogP contribution is 2.40. The Morgan fingerprint density at radius 2 is 2.06 bits per heavy atom. The summed E-state index contributed by atoms with van der Waals surface area (Å²) >= 11 is 1.00. The first-order chi connectivity index (χ1) is 8.06. The van der Waals surface area contributed by atoms with E-state index in [2.05, 4.69) is 4.98 Å². The number of hydrogen-bond acceptors (Lipinski definition) is 6. The maximum Gasteiger partial charge on any atom is 0.329 e. The molecule has 4 atom stereocenters. The number of aromatic nitrogens is 2. The van der Waals surface area contributed by atoms with E-state index in [0.29, 0.717) is 0 Å². The molecule has 0 spiro atoms. The lowest BCUT2D eigenvalue weighted by Gasteiger charge is -2.16. The minimum Gasteiger partial charge on any atom is -0.395 e. The highest BCUT2D eigenvalue weighted by Gasteiger charge is 2.43. The Balaban J connectivity index is 2.42. The number of rotatable bonds is 2. The second kappa shape index (κ2) is 4.65. The van der Waals surface area contributed by atoms with Gasteiger partial charge in [-0.25, -0.2) is 9.36 Å². The summed E-state index contributed by atoms with van der Waals surface area (Å²) in [6, 6.07) is 1.16. The molecule has 1 aromatic heterocycles. The van der Waals surface area contributed by atoms with Crippen molar-refractivity contribution in [3.05, 3.63) is 33.1 Å². The number of nitrogens with zero attached hydrogens (tertiary/aromatic N) is 1. The molecule has 1 aromatic rings. The molecule has 8 heteroatoms. The van der Waals surface area contributed by atoms with E-state index in [1.807, 2.05) is 0 Å². The van der Waals surface area contributed by atoms with Gasteiger partial charge in [-0.3, -0.25) is 4.79 Å². The predicted molar refractivity (Wildman–Crippen MR) is 60.8 cm³/mol. The van der Waals surface area contributed by atoms with Crippen molar-refractivity contribution in [2.75, 3.05) is 6.61 Å². The van der Waals surface area contributed by atoms with Gasteiger partial charge in [-0.15, -0.1) is 11.8 Å². The maximum absolute atomic E-state index is 11.5. The Kier molecular flexibility index (Phi) is 3.38. The van der Waals surface area contributed by atoms with Crippen LogP contribution in [0.5, 0.6) is 0 Å². The minimum absolute atomic E-state index is 0.334. The number of aromatic amines is 1. The fourth-order valence-corrected chi connectivity index (χ4v) is 3.18. The van der Waals surface area contributed by atoms with Crippen LogP contribution in [0.4, 0.5) is 0 Å². The van der Waals surface area contributed by atoms with E-state index in [0.717, 1.165) is 22.4 Å². The molecule has 7 nitrogen and oxygen atoms in total. The fourth-order valence-electron chi connectivity index (χ4n) is 1.77. The largest absolute Gasteiger partial charge is 0.395 e. The Bertz CT molecular complexity index is 484. The molecule has 1 aliphatic heterocycles. The quantitative estimate of drug-likeness (QED) is 0.482. The molecular weight excluding hydrogens is 248 g/mol. The fraction of sp³-hybridized carbons (Fsp3) is 0.556. The van der Waals surface area contributed by atoms with Crippen molar-refractivity contribution in [3.8, 4) is 0 Å². The number of aliphatic hydroxyl groups excluding tert-OH is 3. The molecule has 4 N–H and O–H groups in total. The summed E-state index contributed by atoms with van der Waals surface area (Å²) in [6.07, 6.45) is -1.22. The van der Waals surface area contributed by atoms with E-state index in [1.54, 1.807) is 0 Å². The van der Waals surface area contributed by atoms with Crippen LogP contribution >= 0.6 is 11.8 Å². The average molecular weight is 260 g/mol. The summed E-state index contributed by atoms with van der Waals surface area (Å²) in [5.74, 6) is 0. The van der Waals surface area contributed by atoms with E-state index in [4.69, 9.17) is 5.11 Å². The van der Waals surface area contributed by atoms with Crippen LogP contribution in [-0.2, 0) is 0 Å². The molecule has 0 saturated carbocycles. The molecule has 94 valence electrons. The van der Waals surface area contributed by atoms with Crippen LogP contribution in [0.3, 0.4) is 0 Å². The molecule has 0 amide bonds. The molecule has 1 fully saturated rings. The van der Waals surface area contributed by atoms with E-state index in [1.165, 1.54) is 6.20 Å². The second-order valence-corrected chi connectivity index (χ2v) is 5.08. The van der Waals surface area contributed by atoms with Crippen molar-refractivity contribution >= 4 is 11.8 Å². The van der Waals surface area contributed by atoms with Crippen LogP contribution in [0.25, 0.3) is 0 Å². The van der Waals surface area contributed by atoms with Gasteiger partial charge in [0.25, 0.3) is 5.56 Å². The Labute approximate surface area is 99.7 Å². The topological polar surface area (TPSA) is 116 Å². The molecule has 1 saturated heterocycles. The molecule has 2 rings (SSSR count). The van der Waals surface area contributed by atoms with Crippen molar-refractivity contribution in [1.29, 1.82) is 0 Å². The minimum atomic E-state index is -1.27. The molecule has 1 aliphatic rings. The first-order valence-electron chi connectivity index (χ1n) is 4.99. The van der Waals surface area contributed by atoms with E-state index in [9.17, 15) is 19.8 Å². The van der Waals surface area contributed by atoms with E-state index >= 15 is 0 Å². The lowest BCUT2D eigenvalue weighted by molar-refractivity contribution is 0.00969. The summed E-state index contributed by atoms with van der Waals surface area (Å²) in [5.41, 5.74) is -1.21. The number of nitrogens with one attached hydrogen (secondary N) is 1. The summed E-state index contributed by atoms with van der Waals surface area (Å²) in [5, 5.41) is 26.9. The van der Waals surface area contributed by atoms with Crippen LogP contribution in [0.15, 0.2) is 21.9 Å².